The molecule has 29 heavy (non-hydrogen) atoms. The van der Waals surface area contributed by atoms with Crippen LogP contribution in [0, 0.1) is 12.8 Å². The van der Waals surface area contributed by atoms with Gasteiger partial charge < -0.3 is 14.8 Å². The molecule has 1 aromatic carbocycles. The first kappa shape index (κ1) is 20.5. The van der Waals surface area contributed by atoms with E-state index >= 15 is 0 Å². The summed E-state index contributed by atoms with van der Waals surface area (Å²) in [6.07, 6.45) is 7.44. The second-order valence-electron chi connectivity index (χ2n) is 8.50. The summed E-state index contributed by atoms with van der Waals surface area (Å²) < 4.78 is 3.12. The van der Waals surface area contributed by atoms with Crippen LogP contribution in [0.1, 0.15) is 50.6 Å². The zero-order chi connectivity index (χ0) is 20.4. The van der Waals surface area contributed by atoms with Crippen LogP contribution in [0.2, 0.25) is 0 Å². The van der Waals surface area contributed by atoms with Crippen molar-refractivity contribution in [3.05, 3.63) is 34.4 Å². The highest BCUT2D eigenvalue weighted by Crippen LogP contribution is 2.30. The summed E-state index contributed by atoms with van der Waals surface area (Å²) in [5.74, 6) is 0.616. The predicted molar refractivity (Wildman–Crippen MR) is 119 cm³/mol. The van der Waals surface area contributed by atoms with Gasteiger partial charge in [-0.05, 0) is 54.6 Å². The quantitative estimate of drug-likeness (QED) is 0.736. The lowest BCUT2D eigenvalue weighted by molar-refractivity contribution is -0.137. The van der Waals surface area contributed by atoms with E-state index in [4.69, 9.17) is 0 Å². The van der Waals surface area contributed by atoms with Gasteiger partial charge in [-0.25, -0.2) is 0 Å². The highest BCUT2D eigenvalue weighted by Gasteiger charge is 2.29. The van der Waals surface area contributed by atoms with E-state index in [1.165, 1.54) is 19.3 Å². The van der Waals surface area contributed by atoms with Crippen molar-refractivity contribution in [2.24, 2.45) is 5.92 Å². The minimum Gasteiger partial charge on any atom is -0.352 e. The van der Waals surface area contributed by atoms with Gasteiger partial charge in [-0.1, -0.05) is 37.5 Å². The number of benzene rings is 1. The van der Waals surface area contributed by atoms with Gasteiger partial charge in [-0.15, -0.1) is 0 Å². The third-order valence-corrected chi connectivity index (χ3v) is 7.58. The SMILES string of the molecule is Cc1c(Br)c2ccccc2n1CC(=O)NC1CCN(C(=O)C2CCCCC2)CC1. The Morgan fingerprint density at radius 2 is 1.76 bits per heavy atom. The molecule has 0 unspecified atom stereocenters. The van der Waals surface area contributed by atoms with Crippen LogP contribution in [0.25, 0.3) is 10.9 Å². The largest absolute Gasteiger partial charge is 0.352 e. The van der Waals surface area contributed by atoms with E-state index in [2.05, 4.69) is 37.9 Å². The van der Waals surface area contributed by atoms with E-state index in [1.807, 2.05) is 24.0 Å². The van der Waals surface area contributed by atoms with Crippen LogP contribution in [0.4, 0.5) is 0 Å². The zero-order valence-electron chi connectivity index (χ0n) is 17.1. The molecule has 5 nitrogen and oxygen atoms in total. The summed E-state index contributed by atoms with van der Waals surface area (Å²) in [7, 11) is 0. The molecule has 2 aromatic rings. The molecule has 1 saturated heterocycles. The summed E-state index contributed by atoms with van der Waals surface area (Å²) in [5, 5.41) is 4.33. The number of nitrogens with zero attached hydrogens (tertiary/aromatic N) is 2. The first-order chi connectivity index (χ1) is 14.0. The molecule has 0 atom stereocenters. The van der Waals surface area contributed by atoms with Crippen molar-refractivity contribution < 1.29 is 9.59 Å². The third-order valence-electron chi connectivity index (χ3n) is 6.58. The van der Waals surface area contributed by atoms with Gasteiger partial charge in [0.1, 0.15) is 6.54 Å². The summed E-state index contributed by atoms with van der Waals surface area (Å²) in [6, 6.07) is 8.29. The number of nitrogens with one attached hydrogen (secondary N) is 1. The monoisotopic (exact) mass is 459 g/mol. The molecule has 1 aliphatic carbocycles. The Labute approximate surface area is 180 Å². The van der Waals surface area contributed by atoms with E-state index in [-0.39, 0.29) is 17.9 Å². The number of likely N-dealkylation sites (tertiary alicyclic amines) is 1. The van der Waals surface area contributed by atoms with E-state index in [0.29, 0.717) is 12.5 Å². The maximum Gasteiger partial charge on any atom is 0.240 e. The number of amides is 2. The minimum atomic E-state index is 0.0402. The van der Waals surface area contributed by atoms with Gasteiger partial charge in [0.05, 0.1) is 0 Å². The topological polar surface area (TPSA) is 54.3 Å². The van der Waals surface area contributed by atoms with Gasteiger partial charge >= 0.3 is 0 Å². The maximum absolute atomic E-state index is 12.7. The molecule has 2 amide bonds. The fourth-order valence-corrected chi connectivity index (χ4v) is 5.41. The Balaban J connectivity index is 1.31. The van der Waals surface area contributed by atoms with Crippen LogP contribution in [0.5, 0.6) is 0 Å². The van der Waals surface area contributed by atoms with Gasteiger partial charge in [0.2, 0.25) is 11.8 Å². The second kappa shape index (κ2) is 8.90. The van der Waals surface area contributed by atoms with Crippen LogP contribution >= 0.6 is 15.9 Å². The van der Waals surface area contributed by atoms with E-state index in [9.17, 15) is 9.59 Å². The number of carbonyl (C=O) groups is 2. The van der Waals surface area contributed by atoms with Crippen LogP contribution < -0.4 is 5.32 Å². The van der Waals surface area contributed by atoms with Crippen LogP contribution in [-0.4, -0.2) is 40.4 Å². The lowest BCUT2D eigenvalue weighted by Crippen LogP contribution is -2.48. The summed E-state index contributed by atoms with van der Waals surface area (Å²) >= 11 is 3.65. The molecule has 0 bridgehead atoms. The van der Waals surface area contributed by atoms with Gasteiger partial charge in [0, 0.05) is 46.1 Å². The minimum absolute atomic E-state index is 0.0402. The Bertz CT molecular complexity index is 893. The molecule has 1 aliphatic heterocycles. The number of halogens is 1. The van der Waals surface area contributed by atoms with Crippen LogP contribution in [-0.2, 0) is 16.1 Å². The van der Waals surface area contributed by atoms with Crippen LogP contribution in [0.15, 0.2) is 28.7 Å². The number of para-hydroxylation sites is 1. The molecule has 0 radical (unpaired) electrons. The molecular weight excluding hydrogens is 430 g/mol. The van der Waals surface area contributed by atoms with Gasteiger partial charge in [-0.2, -0.15) is 0 Å². The number of hydrogen-bond donors (Lipinski definition) is 1. The normalized spacial score (nSPS) is 18.9. The molecule has 2 fully saturated rings. The first-order valence-electron chi connectivity index (χ1n) is 10.9. The molecular formula is C23H30BrN3O2. The Morgan fingerprint density at radius 1 is 1.07 bits per heavy atom. The number of hydrogen-bond acceptors (Lipinski definition) is 2. The predicted octanol–water partition coefficient (Wildman–Crippen LogP) is 4.40. The molecule has 1 saturated carbocycles. The lowest BCUT2D eigenvalue weighted by atomic mass is 9.87. The van der Waals surface area contributed by atoms with Gasteiger partial charge in [-0.3, -0.25) is 9.59 Å². The molecule has 6 heteroatoms. The second-order valence-corrected chi connectivity index (χ2v) is 9.30. The maximum atomic E-state index is 12.7. The zero-order valence-corrected chi connectivity index (χ0v) is 18.7. The highest BCUT2D eigenvalue weighted by atomic mass is 79.9. The molecule has 4 rings (SSSR count). The fourth-order valence-electron chi connectivity index (χ4n) is 4.86. The molecule has 1 N–H and O–H groups in total. The molecule has 1 aromatic heterocycles. The average Bonchev–Trinajstić information content (AvgIpc) is 2.99. The van der Waals surface area contributed by atoms with Crippen molar-refractivity contribution in [3.8, 4) is 0 Å². The molecule has 0 spiro atoms. The fraction of sp³-hybridized carbons (Fsp3) is 0.565. The highest BCUT2D eigenvalue weighted by molar-refractivity contribution is 9.10. The number of rotatable bonds is 4. The molecule has 2 heterocycles. The van der Waals surface area contributed by atoms with Crippen molar-refractivity contribution in [1.29, 1.82) is 0 Å². The van der Waals surface area contributed by atoms with Crippen LogP contribution in [0.3, 0.4) is 0 Å². The number of piperidine rings is 1. The lowest BCUT2D eigenvalue weighted by Gasteiger charge is -2.35. The first-order valence-corrected chi connectivity index (χ1v) is 11.7. The van der Waals surface area contributed by atoms with E-state index < -0.39 is 0 Å². The summed E-state index contributed by atoms with van der Waals surface area (Å²) in [5.41, 5.74) is 2.13. The third kappa shape index (κ3) is 4.37. The number of aromatic nitrogens is 1. The van der Waals surface area contributed by atoms with Crippen molar-refractivity contribution in [2.45, 2.75) is 64.5 Å². The average molecular weight is 460 g/mol. The Kier molecular flexibility index (Phi) is 6.28. The standard InChI is InChI=1S/C23H30BrN3O2/c1-16-22(24)19-9-5-6-10-20(19)27(16)15-21(28)25-18-11-13-26(14-12-18)23(29)17-7-3-2-4-8-17/h5-6,9-10,17-18H,2-4,7-8,11-15H2,1H3,(H,25,28). The van der Waals surface area contributed by atoms with Crippen molar-refractivity contribution >= 4 is 38.6 Å². The Morgan fingerprint density at radius 3 is 2.48 bits per heavy atom. The van der Waals surface area contributed by atoms with Crippen molar-refractivity contribution in [3.63, 3.8) is 0 Å². The van der Waals surface area contributed by atoms with Crippen molar-refractivity contribution in [2.75, 3.05) is 13.1 Å². The summed E-state index contributed by atoms with van der Waals surface area (Å²) in [4.78, 5) is 27.5. The number of fused-ring (bicyclic) bond motifs is 1. The van der Waals surface area contributed by atoms with E-state index in [1.54, 1.807) is 0 Å². The summed E-state index contributed by atoms with van der Waals surface area (Å²) in [6.45, 7) is 3.88. The number of carbonyl (C=O) groups excluding carboxylic acids is 2. The van der Waals surface area contributed by atoms with Gasteiger partial charge in [0.25, 0.3) is 0 Å². The van der Waals surface area contributed by atoms with Gasteiger partial charge in [0.15, 0.2) is 0 Å². The molecule has 156 valence electrons. The smallest absolute Gasteiger partial charge is 0.240 e. The van der Waals surface area contributed by atoms with Crippen molar-refractivity contribution in [1.82, 2.24) is 14.8 Å². The molecule has 2 aliphatic rings. The Hall–Kier alpha value is -1.82. The van der Waals surface area contributed by atoms with E-state index in [0.717, 1.165) is 59.8 Å².